The predicted molar refractivity (Wildman–Crippen MR) is 93.9 cm³/mol. The summed E-state index contributed by atoms with van der Waals surface area (Å²) in [6.45, 7) is 4.98. The zero-order chi connectivity index (χ0) is 18.3. The Hall–Kier alpha value is -3.16. The summed E-state index contributed by atoms with van der Waals surface area (Å²) >= 11 is 0. The van der Waals surface area contributed by atoms with E-state index in [9.17, 15) is 4.79 Å². The molecule has 2 aromatic heterocycles. The van der Waals surface area contributed by atoms with E-state index in [0.29, 0.717) is 31.3 Å². The maximum atomic E-state index is 11.6. The van der Waals surface area contributed by atoms with E-state index in [1.54, 1.807) is 4.90 Å². The third-order valence-electron chi connectivity index (χ3n) is 4.65. The first-order valence-electron chi connectivity index (χ1n) is 8.39. The lowest BCUT2D eigenvalue weighted by Gasteiger charge is -2.12. The van der Waals surface area contributed by atoms with Crippen molar-refractivity contribution in [3.8, 4) is 11.4 Å². The van der Waals surface area contributed by atoms with Crippen molar-refractivity contribution in [2.45, 2.75) is 20.3 Å². The lowest BCUT2D eigenvalue weighted by atomic mass is 10.1. The van der Waals surface area contributed by atoms with E-state index < -0.39 is 0 Å². The largest absolute Gasteiger partial charge is 0.447 e. The highest BCUT2D eigenvalue weighted by molar-refractivity contribution is 5.89. The molecule has 8 heteroatoms. The fourth-order valence-electron chi connectivity index (χ4n) is 3.09. The smallest absolute Gasteiger partial charge is 0.414 e. The standard InChI is InChI=1S/C18H19N5O3/c1-11-15(12(2)22(3)20-11)10-16-19-17(21-26-16)13-4-6-14(7-5-13)23-8-9-25-18(23)24/h4-7H,8-10H2,1-3H3. The SMILES string of the molecule is Cc1nn(C)c(C)c1Cc1nc(-c2ccc(N3CCOC3=O)cc2)no1. The Morgan fingerprint density at radius 1 is 1.19 bits per heavy atom. The number of benzene rings is 1. The zero-order valence-electron chi connectivity index (χ0n) is 14.9. The number of aryl methyl sites for hydroxylation is 2. The molecular formula is C18H19N5O3. The van der Waals surface area contributed by atoms with E-state index in [2.05, 4.69) is 15.2 Å². The first-order chi connectivity index (χ1) is 12.5. The first kappa shape index (κ1) is 16.3. The van der Waals surface area contributed by atoms with Gasteiger partial charge >= 0.3 is 6.09 Å². The van der Waals surface area contributed by atoms with Crippen LogP contribution in [-0.4, -0.2) is 39.2 Å². The number of cyclic esters (lactones) is 1. The van der Waals surface area contributed by atoms with Crippen LogP contribution in [0.4, 0.5) is 10.5 Å². The van der Waals surface area contributed by atoms with Crippen molar-refractivity contribution in [1.29, 1.82) is 0 Å². The zero-order valence-corrected chi connectivity index (χ0v) is 14.9. The first-order valence-corrected chi connectivity index (χ1v) is 8.39. The molecule has 0 saturated carbocycles. The lowest BCUT2D eigenvalue weighted by Crippen LogP contribution is -2.23. The van der Waals surface area contributed by atoms with Crippen LogP contribution in [0.25, 0.3) is 11.4 Å². The van der Waals surface area contributed by atoms with Crippen molar-refractivity contribution in [1.82, 2.24) is 19.9 Å². The van der Waals surface area contributed by atoms with Gasteiger partial charge in [-0.15, -0.1) is 0 Å². The molecule has 0 bridgehead atoms. The van der Waals surface area contributed by atoms with Crippen molar-refractivity contribution in [2.24, 2.45) is 7.05 Å². The highest BCUT2D eigenvalue weighted by atomic mass is 16.6. The Morgan fingerprint density at radius 2 is 1.96 bits per heavy atom. The van der Waals surface area contributed by atoms with Crippen molar-refractivity contribution < 1.29 is 14.1 Å². The van der Waals surface area contributed by atoms with Crippen LogP contribution in [0.3, 0.4) is 0 Å². The molecule has 1 aliphatic rings. The average molecular weight is 353 g/mol. The van der Waals surface area contributed by atoms with Gasteiger partial charge in [0.15, 0.2) is 0 Å². The summed E-state index contributed by atoms with van der Waals surface area (Å²) in [7, 11) is 1.92. The number of carbonyl (C=O) groups is 1. The molecule has 1 aromatic carbocycles. The number of anilines is 1. The topological polar surface area (TPSA) is 86.3 Å². The van der Waals surface area contributed by atoms with Crippen LogP contribution in [0.15, 0.2) is 28.8 Å². The molecular weight excluding hydrogens is 334 g/mol. The van der Waals surface area contributed by atoms with E-state index in [1.165, 1.54) is 0 Å². The van der Waals surface area contributed by atoms with Gasteiger partial charge in [0, 0.05) is 29.6 Å². The molecule has 3 heterocycles. The van der Waals surface area contributed by atoms with E-state index in [4.69, 9.17) is 9.26 Å². The van der Waals surface area contributed by atoms with Crippen LogP contribution in [-0.2, 0) is 18.2 Å². The molecule has 134 valence electrons. The molecule has 0 atom stereocenters. The highest BCUT2D eigenvalue weighted by Gasteiger charge is 2.23. The van der Waals surface area contributed by atoms with Gasteiger partial charge in [-0.1, -0.05) is 5.16 Å². The second-order valence-corrected chi connectivity index (χ2v) is 6.27. The molecule has 3 aromatic rings. The summed E-state index contributed by atoms with van der Waals surface area (Å²) in [4.78, 5) is 17.7. The second-order valence-electron chi connectivity index (χ2n) is 6.27. The number of amides is 1. The van der Waals surface area contributed by atoms with Crippen molar-refractivity contribution in [2.75, 3.05) is 18.1 Å². The van der Waals surface area contributed by atoms with Crippen LogP contribution in [0.2, 0.25) is 0 Å². The minimum atomic E-state index is -0.318. The maximum absolute atomic E-state index is 11.6. The number of aromatic nitrogens is 4. The van der Waals surface area contributed by atoms with Crippen LogP contribution in [0, 0.1) is 13.8 Å². The molecule has 4 rings (SSSR count). The van der Waals surface area contributed by atoms with Gasteiger partial charge in [-0.3, -0.25) is 9.58 Å². The molecule has 8 nitrogen and oxygen atoms in total. The fraction of sp³-hybridized carbons (Fsp3) is 0.333. The molecule has 1 aliphatic heterocycles. The third-order valence-corrected chi connectivity index (χ3v) is 4.65. The second kappa shape index (κ2) is 6.29. The van der Waals surface area contributed by atoms with E-state index >= 15 is 0 Å². The van der Waals surface area contributed by atoms with Gasteiger partial charge in [0.2, 0.25) is 11.7 Å². The molecule has 0 aliphatic carbocycles. The minimum absolute atomic E-state index is 0.318. The number of nitrogens with zero attached hydrogens (tertiary/aromatic N) is 5. The third kappa shape index (κ3) is 2.83. The van der Waals surface area contributed by atoms with Crippen LogP contribution >= 0.6 is 0 Å². The van der Waals surface area contributed by atoms with Crippen LogP contribution < -0.4 is 4.90 Å². The molecule has 0 spiro atoms. The van der Waals surface area contributed by atoms with Crippen molar-refractivity contribution in [3.05, 3.63) is 47.1 Å². The van der Waals surface area contributed by atoms with Gasteiger partial charge in [0.1, 0.15) is 6.61 Å². The minimum Gasteiger partial charge on any atom is -0.447 e. The van der Waals surface area contributed by atoms with Gasteiger partial charge in [-0.25, -0.2) is 4.79 Å². The predicted octanol–water partition coefficient (Wildman–Crippen LogP) is 2.63. The van der Waals surface area contributed by atoms with Gasteiger partial charge in [-0.05, 0) is 38.1 Å². The highest BCUT2D eigenvalue weighted by Crippen LogP contribution is 2.24. The number of hydrogen-bond acceptors (Lipinski definition) is 6. The lowest BCUT2D eigenvalue weighted by molar-refractivity contribution is 0.181. The summed E-state index contributed by atoms with van der Waals surface area (Å²) in [6.07, 6.45) is 0.234. The van der Waals surface area contributed by atoms with Gasteiger partial charge in [0.25, 0.3) is 0 Å². The van der Waals surface area contributed by atoms with Crippen LogP contribution in [0.5, 0.6) is 0 Å². The van der Waals surface area contributed by atoms with Crippen molar-refractivity contribution >= 4 is 11.8 Å². The Bertz CT molecular complexity index is 958. The maximum Gasteiger partial charge on any atom is 0.414 e. The number of ether oxygens (including phenoxy) is 1. The number of carbonyl (C=O) groups excluding carboxylic acids is 1. The average Bonchev–Trinajstić information content (AvgIpc) is 3.32. The van der Waals surface area contributed by atoms with Crippen LogP contribution in [0.1, 0.15) is 22.8 Å². The monoisotopic (exact) mass is 353 g/mol. The van der Waals surface area contributed by atoms with Gasteiger partial charge in [-0.2, -0.15) is 10.1 Å². The number of hydrogen-bond donors (Lipinski definition) is 0. The van der Waals surface area contributed by atoms with E-state index in [0.717, 1.165) is 28.2 Å². The van der Waals surface area contributed by atoms with E-state index in [-0.39, 0.29) is 6.09 Å². The molecule has 0 radical (unpaired) electrons. The molecule has 1 amide bonds. The fourth-order valence-corrected chi connectivity index (χ4v) is 3.09. The summed E-state index contributed by atoms with van der Waals surface area (Å²) in [6, 6.07) is 7.45. The molecule has 0 N–H and O–H groups in total. The summed E-state index contributed by atoms with van der Waals surface area (Å²) in [5.41, 5.74) is 4.78. The summed E-state index contributed by atoms with van der Waals surface area (Å²) < 4.78 is 12.2. The molecule has 1 fully saturated rings. The van der Waals surface area contributed by atoms with E-state index in [1.807, 2.05) is 49.8 Å². The normalized spacial score (nSPS) is 14.1. The van der Waals surface area contributed by atoms with Gasteiger partial charge in [0.05, 0.1) is 18.7 Å². The van der Waals surface area contributed by atoms with Gasteiger partial charge < -0.3 is 9.26 Å². The van der Waals surface area contributed by atoms with Crippen molar-refractivity contribution in [3.63, 3.8) is 0 Å². The molecule has 26 heavy (non-hydrogen) atoms. The molecule has 0 unspecified atom stereocenters. The summed E-state index contributed by atoms with van der Waals surface area (Å²) in [5.74, 6) is 1.07. The Balaban J connectivity index is 1.53. The molecule has 1 saturated heterocycles. The summed E-state index contributed by atoms with van der Waals surface area (Å²) in [5, 5.41) is 8.48. The number of rotatable bonds is 4. The quantitative estimate of drug-likeness (QED) is 0.717. The Labute approximate surface area is 150 Å². The Morgan fingerprint density at radius 3 is 2.58 bits per heavy atom. The Kier molecular flexibility index (Phi) is 3.95.